The molecule has 0 spiro atoms. The molecule has 0 atom stereocenters. The van der Waals surface area contributed by atoms with Crippen LogP contribution in [0.25, 0.3) is 5.57 Å². The predicted molar refractivity (Wildman–Crippen MR) is 132 cm³/mol. The highest BCUT2D eigenvalue weighted by atomic mass is 35.5. The van der Waals surface area contributed by atoms with Crippen molar-refractivity contribution in [2.24, 2.45) is 4.99 Å². The van der Waals surface area contributed by atoms with Crippen molar-refractivity contribution in [1.82, 2.24) is 15.2 Å². The predicted octanol–water partition coefficient (Wildman–Crippen LogP) is 5.49. The molecule has 0 radical (unpaired) electrons. The summed E-state index contributed by atoms with van der Waals surface area (Å²) < 4.78 is 0. The molecule has 3 aromatic rings. The van der Waals surface area contributed by atoms with E-state index in [0.29, 0.717) is 5.96 Å². The molecule has 5 nitrogen and oxygen atoms in total. The summed E-state index contributed by atoms with van der Waals surface area (Å²) in [6.45, 7) is 1.56. The van der Waals surface area contributed by atoms with Gasteiger partial charge in [0.25, 0.3) is 0 Å². The number of aliphatic imine (C=N–C) groups is 1. The maximum Gasteiger partial charge on any atom is 0.212 e. The first-order chi connectivity index (χ1) is 16.2. The smallest absolute Gasteiger partial charge is 0.212 e. The molecule has 1 aliphatic heterocycles. The van der Waals surface area contributed by atoms with Crippen LogP contribution in [0.15, 0.2) is 77.4 Å². The van der Waals surface area contributed by atoms with E-state index in [-0.39, 0.29) is 0 Å². The van der Waals surface area contributed by atoms with Crippen LogP contribution in [-0.2, 0) is 12.8 Å². The summed E-state index contributed by atoms with van der Waals surface area (Å²) in [5, 5.41) is 12.8. The molecule has 164 valence electrons. The first-order valence-electron chi connectivity index (χ1n) is 11.2. The Morgan fingerprint density at radius 1 is 0.970 bits per heavy atom. The third-order valence-electron chi connectivity index (χ3n) is 6.31. The topological polar surface area (TPSA) is 64.3 Å². The van der Waals surface area contributed by atoms with Gasteiger partial charge in [-0.15, -0.1) is 0 Å². The van der Waals surface area contributed by atoms with Gasteiger partial charge in [0.05, 0.1) is 11.4 Å². The maximum atomic E-state index is 9.28. The summed E-state index contributed by atoms with van der Waals surface area (Å²) in [5.41, 5.74) is 8.38. The van der Waals surface area contributed by atoms with Crippen molar-refractivity contribution in [2.75, 3.05) is 13.1 Å². The van der Waals surface area contributed by atoms with Crippen LogP contribution in [0.5, 0.6) is 0 Å². The second-order valence-electron chi connectivity index (χ2n) is 8.29. The number of benzene rings is 2. The number of para-hydroxylation sites is 1. The van der Waals surface area contributed by atoms with E-state index in [4.69, 9.17) is 16.6 Å². The van der Waals surface area contributed by atoms with Crippen LogP contribution in [0.3, 0.4) is 0 Å². The number of hydrogen-bond acceptors (Lipinski definition) is 3. The Morgan fingerprint density at radius 3 is 2.55 bits per heavy atom. The van der Waals surface area contributed by atoms with Crippen LogP contribution < -0.4 is 5.32 Å². The first-order valence-corrected chi connectivity index (χ1v) is 11.6. The number of pyridine rings is 1. The molecule has 1 saturated heterocycles. The molecule has 6 heteroatoms. The quantitative estimate of drug-likeness (QED) is 0.229. The molecule has 0 unspecified atom stereocenters. The van der Waals surface area contributed by atoms with Gasteiger partial charge in [-0.25, -0.2) is 4.99 Å². The second-order valence-corrected chi connectivity index (χ2v) is 8.72. The Morgan fingerprint density at radius 2 is 1.76 bits per heavy atom. The van der Waals surface area contributed by atoms with Crippen molar-refractivity contribution in [1.29, 1.82) is 5.26 Å². The lowest BCUT2D eigenvalue weighted by Gasteiger charge is -2.31. The maximum absolute atomic E-state index is 9.28. The summed E-state index contributed by atoms with van der Waals surface area (Å²) in [4.78, 5) is 11.6. The molecule has 1 aliphatic carbocycles. The standard InChI is InChI=1S/C27H24ClN5/c28-22-10-11-24-21(17-22)9-8-20-5-4-14-30-26(20)25(24)19-12-15-33(16-13-19)27(31-18-29)32-23-6-2-1-3-7-23/h1-7,10-11,14,17H,8-9,12-13,15-16H2,(H,31,32). The van der Waals surface area contributed by atoms with Crippen LogP contribution in [0, 0.1) is 11.5 Å². The monoisotopic (exact) mass is 453 g/mol. The molecule has 0 saturated carbocycles. The summed E-state index contributed by atoms with van der Waals surface area (Å²) in [6.07, 6.45) is 7.61. The van der Waals surface area contributed by atoms with E-state index in [1.54, 1.807) is 0 Å². The van der Waals surface area contributed by atoms with Gasteiger partial charge in [0.2, 0.25) is 5.96 Å². The van der Waals surface area contributed by atoms with Gasteiger partial charge in [0.15, 0.2) is 6.19 Å². The van der Waals surface area contributed by atoms with E-state index in [1.807, 2.05) is 54.9 Å². The number of aromatic nitrogens is 1. The van der Waals surface area contributed by atoms with E-state index in [1.165, 1.54) is 27.8 Å². The fourth-order valence-corrected chi connectivity index (χ4v) is 4.92. The number of halogens is 1. The molecular formula is C27H24ClN5. The Balaban J connectivity index is 1.50. The van der Waals surface area contributed by atoms with E-state index < -0.39 is 0 Å². The Kier molecular flexibility index (Phi) is 6.10. The van der Waals surface area contributed by atoms with Crippen molar-refractivity contribution in [2.45, 2.75) is 25.7 Å². The van der Waals surface area contributed by atoms with E-state index in [2.05, 4.69) is 33.4 Å². The Bertz CT molecular complexity index is 1260. The highest BCUT2D eigenvalue weighted by Gasteiger charge is 2.26. The molecule has 2 aliphatic rings. The number of fused-ring (bicyclic) bond motifs is 2. The van der Waals surface area contributed by atoms with Gasteiger partial charge in [0.1, 0.15) is 0 Å². The summed E-state index contributed by atoms with van der Waals surface area (Å²) in [7, 11) is 0. The second kappa shape index (κ2) is 9.48. The molecule has 2 heterocycles. The summed E-state index contributed by atoms with van der Waals surface area (Å²) in [6, 6.07) is 20.2. The van der Waals surface area contributed by atoms with Crippen molar-refractivity contribution < 1.29 is 0 Å². The van der Waals surface area contributed by atoms with Gasteiger partial charge >= 0.3 is 0 Å². The molecular weight excluding hydrogens is 430 g/mol. The van der Waals surface area contributed by atoms with E-state index >= 15 is 0 Å². The SMILES string of the molecule is N#CNC(=Nc1ccccc1)N1CCC(=C2c3ccc(Cl)cc3CCc3cccnc32)CC1. The Hall–Kier alpha value is -3.62. The van der Waals surface area contributed by atoms with Gasteiger partial charge in [-0.2, -0.15) is 5.26 Å². The lowest BCUT2D eigenvalue weighted by Crippen LogP contribution is -2.42. The fraction of sp³-hybridized carbons (Fsp3) is 0.222. The van der Waals surface area contributed by atoms with E-state index in [0.717, 1.165) is 55.2 Å². The van der Waals surface area contributed by atoms with E-state index in [9.17, 15) is 5.26 Å². The highest BCUT2D eigenvalue weighted by molar-refractivity contribution is 6.30. The largest absolute Gasteiger partial charge is 0.341 e. The lowest BCUT2D eigenvalue weighted by molar-refractivity contribution is 0.380. The number of rotatable bonds is 1. The van der Waals surface area contributed by atoms with Crippen molar-refractivity contribution in [3.05, 3.63) is 99.8 Å². The Labute approximate surface area is 199 Å². The number of hydrogen-bond donors (Lipinski definition) is 1. The van der Waals surface area contributed by atoms with Crippen molar-refractivity contribution >= 4 is 28.8 Å². The van der Waals surface area contributed by atoms with Crippen molar-refractivity contribution in [3.8, 4) is 6.19 Å². The molecule has 0 bridgehead atoms. The number of nitrogens with zero attached hydrogens (tertiary/aromatic N) is 4. The lowest BCUT2D eigenvalue weighted by atomic mass is 9.88. The normalized spacial score (nSPS) is 15.9. The molecule has 33 heavy (non-hydrogen) atoms. The minimum Gasteiger partial charge on any atom is -0.341 e. The highest BCUT2D eigenvalue weighted by Crippen LogP contribution is 2.38. The minimum absolute atomic E-state index is 0.597. The summed E-state index contributed by atoms with van der Waals surface area (Å²) >= 11 is 6.34. The van der Waals surface area contributed by atoms with Crippen LogP contribution >= 0.6 is 11.6 Å². The van der Waals surface area contributed by atoms with Gasteiger partial charge in [0, 0.05) is 29.9 Å². The minimum atomic E-state index is 0.597. The number of guanidine groups is 1. The molecule has 1 fully saturated rings. The number of piperidine rings is 1. The van der Waals surface area contributed by atoms with Gasteiger partial charge in [-0.3, -0.25) is 10.3 Å². The molecule has 2 aromatic carbocycles. The number of likely N-dealkylation sites (tertiary alicyclic amines) is 1. The third kappa shape index (κ3) is 4.48. The zero-order chi connectivity index (χ0) is 22.6. The fourth-order valence-electron chi connectivity index (χ4n) is 4.72. The number of aryl methyl sites for hydroxylation is 2. The molecule has 1 N–H and O–H groups in total. The average molecular weight is 454 g/mol. The first kappa shape index (κ1) is 21.2. The van der Waals surface area contributed by atoms with Crippen LogP contribution in [0.1, 0.15) is 35.2 Å². The zero-order valence-electron chi connectivity index (χ0n) is 18.3. The van der Waals surface area contributed by atoms with Crippen LogP contribution in [0.4, 0.5) is 5.69 Å². The van der Waals surface area contributed by atoms with Gasteiger partial charge in [-0.05, 0) is 72.7 Å². The molecule has 0 amide bonds. The van der Waals surface area contributed by atoms with Crippen LogP contribution in [0.2, 0.25) is 5.02 Å². The zero-order valence-corrected chi connectivity index (χ0v) is 19.0. The number of nitriles is 1. The average Bonchev–Trinajstić information content (AvgIpc) is 3.01. The molecule has 5 rings (SSSR count). The van der Waals surface area contributed by atoms with Crippen LogP contribution in [-0.4, -0.2) is 28.9 Å². The molecule has 1 aromatic heterocycles. The van der Waals surface area contributed by atoms with Gasteiger partial charge in [-0.1, -0.05) is 47.5 Å². The van der Waals surface area contributed by atoms with Gasteiger partial charge < -0.3 is 4.90 Å². The number of nitrogens with one attached hydrogen (secondary N) is 1. The third-order valence-corrected chi connectivity index (χ3v) is 6.54. The van der Waals surface area contributed by atoms with Crippen molar-refractivity contribution in [3.63, 3.8) is 0 Å². The summed E-state index contributed by atoms with van der Waals surface area (Å²) in [5.74, 6) is 0.597.